The van der Waals surface area contributed by atoms with Gasteiger partial charge in [-0.25, -0.2) is 0 Å². The molecule has 0 heterocycles. The Morgan fingerprint density at radius 3 is 2.82 bits per heavy atom. The Bertz CT molecular complexity index is 380. The second-order valence-electron chi connectivity index (χ2n) is 3.56. The molecule has 0 atom stereocenters. The summed E-state index contributed by atoms with van der Waals surface area (Å²) in [6.07, 6.45) is 0. The van der Waals surface area contributed by atoms with E-state index in [1.165, 1.54) is 0 Å². The highest BCUT2D eigenvalue weighted by molar-refractivity contribution is 9.11. The van der Waals surface area contributed by atoms with Crippen molar-refractivity contribution in [3.05, 3.63) is 34.8 Å². The lowest BCUT2D eigenvalue weighted by Gasteiger charge is -2.13. The molecule has 0 unspecified atom stereocenters. The molecule has 1 rings (SSSR count). The van der Waals surface area contributed by atoms with Crippen LogP contribution in [0.5, 0.6) is 11.5 Å². The monoisotopic (exact) mass is 299 g/mol. The maximum atomic E-state index is 5.67. The van der Waals surface area contributed by atoms with E-state index in [9.17, 15) is 0 Å². The van der Waals surface area contributed by atoms with Gasteiger partial charge in [0.05, 0.1) is 7.11 Å². The molecule has 3 nitrogen and oxygen atoms in total. The molecule has 4 heteroatoms. The molecule has 0 aromatic heterocycles. The van der Waals surface area contributed by atoms with Gasteiger partial charge >= 0.3 is 0 Å². The van der Waals surface area contributed by atoms with E-state index in [4.69, 9.17) is 9.47 Å². The van der Waals surface area contributed by atoms with Crippen LogP contribution in [0.2, 0.25) is 0 Å². The summed E-state index contributed by atoms with van der Waals surface area (Å²) in [7, 11) is 1.65. The van der Waals surface area contributed by atoms with Gasteiger partial charge in [-0.2, -0.15) is 0 Å². The first-order valence-corrected chi connectivity index (χ1v) is 6.30. The molecule has 0 radical (unpaired) electrons. The Morgan fingerprint density at radius 2 is 2.24 bits per heavy atom. The van der Waals surface area contributed by atoms with Crippen LogP contribution in [0, 0.1) is 0 Å². The van der Waals surface area contributed by atoms with Gasteiger partial charge in [-0.05, 0) is 12.6 Å². The third kappa shape index (κ3) is 4.79. The number of benzene rings is 1. The second-order valence-corrected chi connectivity index (χ2v) is 4.68. The van der Waals surface area contributed by atoms with Crippen LogP contribution in [0.15, 0.2) is 29.3 Å². The van der Waals surface area contributed by atoms with E-state index in [0.29, 0.717) is 6.61 Å². The van der Waals surface area contributed by atoms with Crippen LogP contribution in [0.4, 0.5) is 0 Å². The summed E-state index contributed by atoms with van der Waals surface area (Å²) < 4.78 is 11.7. The zero-order chi connectivity index (χ0) is 12.7. The lowest BCUT2D eigenvalue weighted by molar-refractivity contribution is 0.350. The second kappa shape index (κ2) is 7.35. The van der Waals surface area contributed by atoms with Gasteiger partial charge in [-0.1, -0.05) is 35.5 Å². The molecule has 1 aromatic carbocycles. The number of methoxy groups -OCH3 is 1. The topological polar surface area (TPSA) is 30.5 Å². The number of rotatable bonds is 7. The first kappa shape index (κ1) is 14.1. The largest absolute Gasteiger partial charge is 0.497 e. The van der Waals surface area contributed by atoms with Crippen molar-refractivity contribution in [3.63, 3.8) is 0 Å². The Kier molecular flexibility index (Phi) is 6.08. The fourth-order valence-corrected chi connectivity index (χ4v) is 1.47. The SMILES string of the molecule is C=C(Br)COc1cc(OC)ccc1CNCC. The number of nitrogens with one attached hydrogen (secondary N) is 1. The van der Waals surface area contributed by atoms with Gasteiger partial charge < -0.3 is 14.8 Å². The average molecular weight is 300 g/mol. The first-order valence-electron chi connectivity index (χ1n) is 5.51. The highest BCUT2D eigenvalue weighted by atomic mass is 79.9. The first-order chi connectivity index (χ1) is 8.17. The highest BCUT2D eigenvalue weighted by Gasteiger charge is 2.05. The third-order valence-electron chi connectivity index (χ3n) is 2.22. The van der Waals surface area contributed by atoms with E-state index in [2.05, 4.69) is 34.7 Å². The van der Waals surface area contributed by atoms with Crippen LogP contribution in [0.25, 0.3) is 0 Å². The number of halogens is 1. The van der Waals surface area contributed by atoms with E-state index < -0.39 is 0 Å². The summed E-state index contributed by atoms with van der Waals surface area (Å²) in [5.41, 5.74) is 1.11. The van der Waals surface area contributed by atoms with Gasteiger partial charge in [0.25, 0.3) is 0 Å². The molecule has 17 heavy (non-hydrogen) atoms. The van der Waals surface area contributed by atoms with Gasteiger partial charge in [0.2, 0.25) is 0 Å². The van der Waals surface area contributed by atoms with E-state index >= 15 is 0 Å². The van der Waals surface area contributed by atoms with Crippen molar-refractivity contribution in [2.45, 2.75) is 13.5 Å². The van der Waals surface area contributed by atoms with Crippen LogP contribution >= 0.6 is 15.9 Å². The zero-order valence-electron chi connectivity index (χ0n) is 10.3. The smallest absolute Gasteiger partial charge is 0.128 e. The molecular formula is C13H18BrNO2. The molecule has 0 saturated carbocycles. The summed E-state index contributed by atoms with van der Waals surface area (Å²) in [6.45, 7) is 7.98. The van der Waals surface area contributed by atoms with Crippen LogP contribution in [0.3, 0.4) is 0 Å². The summed E-state index contributed by atoms with van der Waals surface area (Å²) in [5, 5.41) is 3.28. The maximum absolute atomic E-state index is 5.67. The molecule has 0 aliphatic rings. The maximum Gasteiger partial charge on any atom is 0.128 e. The van der Waals surface area contributed by atoms with E-state index in [-0.39, 0.29) is 0 Å². The standard InChI is InChI=1S/C13H18BrNO2/c1-4-15-8-11-5-6-12(16-3)7-13(11)17-9-10(2)14/h5-7,15H,2,4,8-9H2,1,3H3. The van der Waals surface area contributed by atoms with Crippen molar-refractivity contribution < 1.29 is 9.47 Å². The van der Waals surface area contributed by atoms with E-state index in [1.54, 1.807) is 7.11 Å². The van der Waals surface area contributed by atoms with Crippen molar-refractivity contribution >= 4 is 15.9 Å². The average Bonchev–Trinajstić information content (AvgIpc) is 2.34. The van der Waals surface area contributed by atoms with Crippen LogP contribution in [-0.4, -0.2) is 20.3 Å². The van der Waals surface area contributed by atoms with Crippen molar-refractivity contribution in [1.82, 2.24) is 5.32 Å². The minimum Gasteiger partial charge on any atom is -0.497 e. The van der Waals surface area contributed by atoms with E-state index in [0.717, 1.165) is 34.6 Å². The minimum atomic E-state index is 0.451. The lowest BCUT2D eigenvalue weighted by atomic mass is 10.2. The third-order valence-corrected chi connectivity index (χ3v) is 2.45. The number of ether oxygens (including phenoxy) is 2. The van der Waals surface area contributed by atoms with Crippen molar-refractivity contribution in [2.75, 3.05) is 20.3 Å². The quantitative estimate of drug-likeness (QED) is 0.839. The minimum absolute atomic E-state index is 0.451. The van der Waals surface area contributed by atoms with Crippen LogP contribution in [0.1, 0.15) is 12.5 Å². The molecule has 1 aromatic rings. The molecule has 1 N–H and O–H groups in total. The molecule has 0 amide bonds. The number of hydrogen-bond donors (Lipinski definition) is 1. The Balaban J connectivity index is 2.82. The van der Waals surface area contributed by atoms with Crippen molar-refractivity contribution in [2.24, 2.45) is 0 Å². The Labute approximate surface area is 111 Å². The lowest BCUT2D eigenvalue weighted by Crippen LogP contribution is -2.13. The highest BCUT2D eigenvalue weighted by Crippen LogP contribution is 2.25. The van der Waals surface area contributed by atoms with Gasteiger partial charge in [0.1, 0.15) is 18.1 Å². The molecule has 0 spiro atoms. The Morgan fingerprint density at radius 1 is 1.47 bits per heavy atom. The summed E-state index contributed by atoms with van der Waals surface area (Å²) in [4.78, 5) is 0. The molecule has 0 aliphatic carbocycles. The zero-order valence-corrected chi connectivity index (χ0v) is 11.8. The Hall–Kier alpha value is -1.00. The molecular weight excluding hydrogens is 282 g/mol. The molecule has 94 valence electrons. The summed E-state index contributed by atoms with van der Waals surface area (Å²) in [6, 6.07) is 5.83. The van der Waals surface area contributed by atoms with E-state index in [1.807, 2.05) is 18.2 Å². The summed E-state index contributed by atoms with van der Waals surface area (Å²) in [5.74, 6) is 1.62. The normalized spacial score (nSPS) is 10.1. The molecule has 0 bridgehead atoms. The molecule has 0 saturated heterocycles. The molecule has 0 aliphatic heterocycles. The predicted molar refractivity (Wildman–Crippen MR) is 73.9 cm³/mol. The number of hydrogen-bond acceptors (Lipinski definition) is 3. The van der Waals surface area contributed by atoms with Gasteiger partial charge in [0.15, 0.2) is 0 Å². The molecule has 0 fully saturated rings. The van der Waals surface area contributed by atoms with Crippen molar-refractivity contribution in [1.29, 1.82) is 0 Å². The van der Waals surface area contributed by atoms with Crippen molar-refractivity contribution in [3.8, 4) is 11.5 Å². The predicted octanol–water partition coefficient (Wildman–Crippen LogP) is 3.09. The van der Waals surface area contributed by atoms with Gasteiger partial charge in [0, 0.05) is 22.7 Å². The fraction of sp³-hybridized carbons (Fsp3) is 0.385. The fourth-order valence-electron chi connectivity index (χ4n) is 1.36. The van der Waals surface area contributed by atoms with Gasteiger partial charge in [-0.3, -0.25) is 0 Å². The summed E-state index contributed by atoms with van der Waals surface area (Å²) >= 11 is 3.28. The van der Waals surface area contributed by atoms with Crippen LogP contribution in [-0.2, 0) is 6.54 Å². The van der Waals surface area contributed by atoms with Gasteiger partial charge in [-0.15, -0.1) is 0 Å². The van der Waals surface area contributed by atoms with Crippen LogP contribution < -0.4 is 14.8 Å².